The molecule has 0 radical (unpaired) electrons. The molecular formula is C18H21F3N2O2. The van der Waals surface area contributed by atoms with E-state index in [2.05, 4.69) is 5.32 Å². The van der Waals surface area contributed by atoms with E-state index in [-0.39, 0.29) is 30.3 Å². The average molecular weight is 354 g/mol. The highest BCUT2D eigenvalue weighted by atomic mass is 19.4. The van der Waals surface area contributed by atoms with Crippen LogP contribution < -0.4 is 5.32 Å². The highest BCUT2D eigenvalue weighted by molar-refractivity contribution is 5.84. The number of nitrogens with zero attached hydrogens (tertiary/aromatic N) is 1. The first kappa shape index (κ1) is 17.8. The van der Waals surface area contributed by atoms with Crippen LogP contribution in [0.3, 0.4) is 0 Å². The van der Waals surface area contributed by atoms with Crippen molar-refractivity contribution in [3.8, 4) is 0 Å². The molecule has 2 amide bonds. The monoisotopic (exact) mass is 354 g/mol. The van der Waals surface area contributed by atoms with Crippen LogP contribution in [0.15, 0.2) is 24.3 Å². The summed E-state index contributed by atoms with van der Waals surface area (Å²) in [6.07, 6.45) is -1.73. The third kappa shape index (κ3) is 4.14. The van der Waals surface area contributed by atoms with Crippen molar-refractivity contribution in [1.29, 1.82) is 0 Å². The van der Waals surface area contributed by atoms with Gasteiger partial charge in [-0.2, -0.15) is 13.2 Å². The van der Waals surface area contributed by atoms with E-state index < -0.39 is 23.6 Å². The summed E-state index contributed by atoms with van der Waals surface area (Å²) in [5.74, 6) is -1.08. The molecule has 2 fully saturated rings. The summed E-state index contributed by atoms with van der Waals surface area (Å²) in [6.45, 7) is 1.77. The van der Waals surface area contributed by atoms with Gasteiger partial charge >= 0.3 is 6.18 Å². The predicted molar refractivity (Wildman–Crippen MR) is 85.7 cm³/mol. The van der Waals surface area contributed by atoms with E-state index in [0.29, 0.717) is 6.42 Å². The minimum Gasteiger partial charge on any atom is -0.355 e. The number of likely N-dealkylation sites (tertiary alicyclic amines) is 1. The highest BCUT2D eigenvalue weighted by Crippen LogP contribution is 2.50. The second-order valence-electron chi connectivity index (χ2n) is 6.66. The topological polar surface area (TPSA) is 49.4 Å². The molecule has 4 nitrogen and oxygen atoms in total. The summed E-state index contributed by atoms with van der Waals surface area (Å²) >= 11 is 0. The Labute approximate surface area is 144 Å². The Morgan fingerprint density at radius 3 is 2.52 bits per heavy atom. The maximum absolute atomic E-state index is 13.1. The SMILES string of the molecule is O=C(NCCC(=O)N1CCCC1)C1CC1c1ccccc1C(F)(F)F. The van der Waals surface area contributed by atoms with Crippen molar-refractivity contribution in [3.63, 3.8) is 0 Å². The van der Waals surface area contributed by atoms with Crippen molar-refractivity contribution in [3.05, 3.63) is 35.4 Å². The third-order valence-corrected chi connectivity index (χ3v) is 4.89. The number of rotatable bonds is 5. The Balaban J connectivity index is 1.50. The van der Waals surface area contributed by atoms with E-state index in [1.165, 1.54) is 12.1 Å². The first-order chi connectivity index (χ1) is 11.9. The van der Waals surface area contributed by atoms with Crippen LogP contribution in [0.25, 0.3) is 0 Å². The summed E-state index contributed by atoms with van der Waals surface area (Å²) in [5, 5.41) is 2.69. The fraction of sp³-hybridized carbons (Fsp3) is 0.556. The van der Waals surface area contributed by atoms with Crippen LogP contribution in [0, 0.1) is 5.92 Å². The Morgan fingerprint density at radius 1 is 1.16 bits per heavy atom. The summed E-state index contributed by atoms with van der Waals surface area (Å²) in [7, 11) is 0. The number of benzene rings is 1. The molecular weight excluding hydrogens is 333 g/mol. The number of hydrogen-bond donors (Lipinski definition) is 1. The van der Waals surface area contributed by atoms with Crippen molar-refractivity contribution in [1.82, 2.24) is 10.2 Å². The lowest BCUT2D eigenvalue weighted by Gasteiger charge is -2.15. The maximum Gasteiger partial charge on any atom is 0.416 e. The number of carbonyl (C=O) groups excluding carboxylic acids is 2. The van der Waals surface area contributed by atoms with Gasteiger partial charge in [0.25, 0.3) is 0 Å². The van der Waals surface area contributed by atoms with Gasteiger partial charge in [-0.15, -0.1) is 0 Å². The van der Waals surface area contributed by atoms with Crippen LogP contribution in [0.4, 0.5) is 13.2 Å². The van der Waals surface area contributed by atoms with E-state index in [0.717, 1.165) is 32.0 Å². The molecule has 1 aromatic carbocycles. The zero-order chi connectivity index (χ0) is 18.0. The number of amides is 2. The van der Waals surface area contributed by atoms with Crippen LogP contribution in [0.2, 0.25) is 0 Å². The quantitative estimate of drug-likeness (QED) is 0.884. The lowest BCUT2D eigenvalue weighted by atomic mass is 10.0. The zero-order valence-corrected chi connectivity index (χ0v) is 13.8. The van der Waals surface area contributed by atoms with Crippen LogP contribution in [0.1, 0.15) is 42.7 Å². The normalized spacial score (nSPS) is 22.8. The Hall–Kier alpha value is -2.05. The molecule has 1 aliphatic heterocycles. The van der Waals surface area contributed by atoms with Gasteiger partial charge in [-0.25, -0.2) is 0 Å². The second kappa shape index (κ2) is 7.06. The largest absolute Gasteiger partial charge is 0.416 e. The van der Waals surface area contributed by atoms with Crippen molar-refractivity contribution in [2.75, 3.05) is 19.6 Å². The molecule has 2 unspecified atom stereocenters. The zero-order valence-electron chi connectivity index (χ0n) is 13.8. The lowest BCUT2D eigenvalue weighted by Crippen LogP contribution is -2.33. The summed E-state index contributed by atoms with van der Waals surface area (Å²) in [4.78, 5) is 25.8. The van der Waals surface area contributed by atoms with Gasteiger partial charge in [0.2, 0.25) is 11.8 Å². The van der Waals surface area contributed by atoms with Crippen molar-refractivity contribution < 1.29 is 22.8 Å². The smallest absolute Gasteiger partial charge is 0.355 e. The summed E-state index contributed by atoms with van der Waals surface area (Å²) in [5.41, 5.74) is -0.484. The molecule has 1 saturated heterocycles. The number of carbonyl (C=O) groups is 2. The number of nitrogens with one attached hydrogen (secondary N) is 1. The molecule has 1 heterocycles. The first-order valence-corrected chi connectivity index (χ1v) is 8.59. The van der Waals surface area contributed by atoms with Crippen LogP contribution >= 0.6 is 0 Å². The van der Waals surface area contributed by atoms with Crippen molar-refractivity contribution in [2.24, 2.45) is 5.92 Å². The number of halogens is 3. The molecule has 7 heteroatoms. The molecule has 2 atom stereocenters. The highest BCUT2D eigenvalue weighted by Gasteiger charge is 2.47. The Morgan fingerprint density at radius 2 is 1.84 bits per heavy atom. The fourth-order valence-electron chi connectivity index (χ4n) is 3.46. The Bertz CT molecular complexity index is 654. The molecule has 1 N–H and O–H groups in total. The van der Waals surface area contributed by atoms with Gasteiger partial charge in [-0.05, 0) is 36.8 Å². The van der Waals surface area contributed by atoms with Crippen molar-refractivity contribution in [2.45, 2.75) is 37.8 Å². The fourth-order valence-corrected chi connectivity index (χ4v) is 3.46. The molecule has 0 bridgehead atoms. The van der Waals surface area contributed by atoms with E-state index in [1.54, 1.807) is 11.0 Å². The van der Waals surface area contributed by atoms with Gasteiger partial charge in [0.15, 0.2) is 0 Å². The standard InChI is InChI=1S/C18H21F3N2O2/c19-18(20,21)15-6-2-1-5-12(15)13-11-14(13)17(25)22-8-7-16(24)23-9-3-4-10-23/h1-2,5-6,13-14H,3-4,7-11H2,(H,22,25). The molecule has 0 aromatic heterocycles. The summed E-state index contributed by atoms with van der Waals surface area (Å²) < 4.78 is 39.2. The van der Waals surface area contributed by atoms with Gasteiger partial charge < -0.3 is 10.2 Å². The van der Waals surface area contributed by atoms with Gasteiger partial charge in [0, 0.05) is 32.0 Å². The van der Waals surface area contributed by atoms with Gasteiger partial charge in [-0.3, -0.25) is 9.59 Å². The molecule has 25 heavy (non-hydrogen) atoms. The van der Waals surface area contributed by atoms with Crippen LogP contribution in [-0.2, 0) is 15.8 Å². The second-order valence-corrected chi connectivity index (χ2v) is 6.66. The van der Waals surface area contributed by atoms with Gasteiger partial charge in [0.1, 0.15) is 0 Å². The number of hydrogen-bond acceptors (Lipinski definition) is 2. The molecule has 3 rings (SSSR count). The van der Waals surface area contributed by atoms with E-state index >= 15 is 0 Å². The van der Waals surface area contributed by atoms with Crippen LogP contribution in [-0.4, -0.2) is 36.3 Å². The maximum atomic E-state index is 13.1. The minimum absolute atomic E-state index is 0.0209. The minimum atomic E-state index is -4.41. The van der Waals surface area contributed by atoms with E-state index in [4.69, 9.17) is 0 Å². The van der Waals surface area contributed by atoms with E-state index in [1.807, 2.05) is 0 Å². The molecule has 1 aliphatic carbocycles. The lowest BCUT2D eigenvalue weighted by molar-refractivity contribution is -0.138. The van der Waals surface area contributed by atoms with Gasteiger partial charge in [-0.1, -0.05) is 18.2 Å². The van der Waals surface area contributed by atoms with E-state index in [9.17, 15) is 22.8 Å². The number of alkyl halides is 3. The molecule has 0 spiro atoms. The molecule has 1 saturated carbocycles. The molecule has 2 aliphatic rings. The predicted octanol–water partition coefficient (Wildman–Crippen LogP) is 2.94. The average Bonchev–Trinajstić information content (AvgIpc) is 3.18. The van der Waals surface area contributed by atoms with Crippen LogP contribution in [0.5, 0.6) is 0 Å². The molecule has 1 aromatic rings. The Kier molecular flexibility index (Phi) is 5.01. The third-order valence-electron chi connectivity index (χ3n) is 4.89. The first-order valence-electron chi connectivity index (χ1n) is 8.59. The summed E-state index contributed by atoms with van der Waals surface area (Å²) in [6, 6.07) is 5.41. The van der Waals surface area contributed by atoms with Gasteiger partial charge in [0.05, 0.1) is 5.56 Å². The van der Waals surface area contributed by atoms with Crippen molar-refractivity contribution >= 4 is 11.8 Å². The molecule has 136 valence electrons.